The number of anilines is 2. The first kappa shape index (κ1) is 14.8. The number of carbonyl (C=O) groups excluding carboxylic acids is 1. The second kappa shape index (κ2) is 5.44. The standard InChI is InChI=1S/C10H9F2N5O3S/c11-9(12)21(19,20)6-3-1-5(2-4-6)14-8(18)7-15-10(13)17-16-7/h1-4,9H,(H,14,18)(H3,13,15,16,17). The lowest BCUT2D eigenvalue weighted by Gasteiger charge is -2.05. The first-order valence-electron chi connectivity index (χ1n) is 5.42. The van der Waals surface area contributed by atoms with E-state index in [0.717, 1.165) is 12.1 Å². The second-order valence-corrected chi connectivity index (χ2v) is 5.74. The van der Waals surface area contributed by atoms with Gasteiger partial charge in [0.2, 0.25) is 21.6 Å². The molecule has 2 rings (SSSR count). The van der Waals surface area contributed by atoms with Gasteiger partial charge in [-0.1, -0.05) is 0 Å². The fourth-order valence-electron chi connectivity index (χ4n) is 1.40. The molecule has 11 heteroatoms. The van der Waals surface area contributed by atoms with Gasteiger partial charge in [-0.25, -0.2) is 8.42 Å². The Kier molecular flexibility index (Phi) is 3.84. The molecule has 0 spiro atoms. The first-order chi connectivity index (χ1) is 9.80. The van der Waals surface area contributed by atoms with Crippen LogP contribution in [-0.4, -0.2) is 35.3 Å². The molecule has 1 aromatic heterocycles. The van der Waals surface area contributed by atoms with Crippen LogP contribution in [0.5, 0.6) is 0 Å². The van der Waals surface area contributed by atoms with Crippen LogP contribution in [0.1, 0.15) is 10.6 Å². The molecule has 0 aliphatic heterocycles. The predicted octanol–water partition coefficient (Wildman–Crippen LogP) is 0.635. The number of carbonyl (C=O) groups is 1. The lowest BCUT2D eigenvalue weighted by molar-refractivity contribution is 0.101. The molecular formula is C10H9F2N5O3S. The summed E-state index contributed by atoms with van der Waals surface area (Å²) in [6.45, 7) is 0. The summed E-state index contributed by atoms with van der Waals surface area (Å²) in [5.74, 6) is -4.42. The molecule has 4 N–H and O–H groups in total. The Labute approximate surface area is 117 Å². The average Bonchev–Trinajstić information content (AvgIpc) is 2.86. The van der Waals surface area contributed by atoms with Gasteiger partial charge in [0.1, 0.15) is 0 Å². The average molecular weight is 317 g/mol. The molecule has 0 saturated heterocycles. The molecule has 0 saturated carbocycles. The van der Waals surface area contributed by atoms with E-state index in [4.69, 9.17) is 5.73 Å². The SMILES string of the molecule is Nc1n[nH]c(C(=O)Nc2ccc(S(=O)(=O)C(F)F)cc2)n1. The number of rotatable bonds is 4. The summed E-state index contributed by atoms with van der Waals surface area (Å²) in [4.78, 5) is 14.7. The Balaban J connectivity index is 2.15. The molecule has 0 radical (unpaired) electrons. The van der Waals surface area contributed by atoms with Gasteiger partial charge in [-0.2, -0.15) is 13.8 Å². The third-order valence-corrected chi connectivity index (χ3v) is 3.79. The minimum absolute atomic E-state index is 0.112. The molecule has 0 aliphatic carbocycles. The van der Waals surface area contributed by atoms with E-state index in [1.165, 1.54) is 12.1 Å². The number of nitrogen functional groups attached to an aromatic ring is 1. The van der Waals surface area contributed by atoms with E-state index in [-0.39, 0.29) is 17.5 Å². The maximum atomic E-state index is 12.3. The molecule has 112 valence electrons. The highest BCUT2D eigenvalue weighted by Gasteiger charge is 2.26. The normalized spacial score (nSPS) is 11.6. The van der Waals surface area contributed by atoms with Crippen molar-refractivity contribution in [1.82, 2.24) is 15.2 Å². The van der Waals surface area contributed by atoms with Crippen LogP contribution in [0, 0.1) is 0 Å². The quantitative estimate of drug-likeness (QED) is 0.758. The Morgan fingerprint density at radius 3 is 2.38 bits per heavy atom. The number of aromatic amines is 1. The molecule has 0 fully saturated rings. The van der Waals surface area contributed by atoms with Crippen LogP contribution in [-0.2, 0) is 9.84 Å². The Hall–Kier alpha value is -2.56. The summed E-state index contributed by atoms with van der Waals surface area (Å²) in [6, 6.07) is 4.28. The molecular weight excluding hydrogens is 308 g/mol. The molecule has 1 aromatic carbocycles. The summed E-state index contributed by atoms with van der Waals surface area (Å²) in [5, 5.41) is 8.11. The van der Waals surface area contributed by atoms with E-state index in [2.05, 4.69) is 20.5 Å². The molecule has 0 aliphatic rings. The number of nitrogens with zero attached hydrogens (tertiary/aromatic N) is 2. The van der Waals surface area contributed by atoms with Gasteiger partial charge in [-0.3, -0.25) is 9.89 Å². The van der Waals surface area contributed by atoms with Crippen molar-refractivity contribution in [3.05, 3.63) is 30.1 Å². The summed E-state index contributed by atoms with van der Waals surface area (Å²) in [6.07, 6.45) is 0. The molecule has 2 aromatic rings. The van der Waals surface area contributed by atoms with Crippen molar-refractivity contribution in [1.29, 1.82) is 0 Å². The number of hydrogen-bond acceptors (Lipinski definition) is 6. The van der Waals surface area contributed by atoms with Crippen LogP contribution in [0.25, 0.3) is 0 Å². The minimum Gasteiger partial charge on any atom is -0.366 e. The third kappa shape index (κ3) is 3.13. The monoisotopic (exact) mass is 317 g/mol. The number of aromatic nitrogens is 3. The number of sulfone groups is 1. The Morgan fingerprint density at radius 1 is 1.29 bits per heavy atom. The van der Waals surface area contributed by atoms with Crippen molar-refractivity contribution in [2.45, 2.75) is 10.7 Å². The number of benzene rings is 1. The topological polar surface area (TPSA) is 131 Å². The fourth-order valence-corrected chi connectivity index (χ4v) is 2.12. The maximum Gasteiger partial charge on any atom is 0.341 e. The molecule has 1 amide bonds. The van der Waals surface area contributed by atoms with Gasteiger partial charge < -0.3 is 11.1 Å². The van der Waals surface area contributed by atoms with Gasteiger partial charge in [-0.05, 0) is 24.3 Å². The number of H-pyrrole nitrogens is 1. The van der Waals surface area contributed by atoms with Crippen LogP contribution < -0.4 is 11.1 Å². The van der Waals surface area contributed by atoms with Crippen molar-refractivity contribution in [3.63, 3.8) is 0 Å². The molecule has 8 nitrogen and oxygen atoms in total. The molecule has 1 heterocycles. The second-order valence-electron chi connectivity index (χ2n) is 3.83. The zero-order valence-electron chi connectivity index (χ0n) is 10.2. The third-order valence-electron chi connectivity index (χ3n) is 2.39. The highest BCUT2D eigenvalue weighted by molar-refractivity contribution is 7.91. The van der Waals surface area contributed by atoms with Crippen LogP contribution >= 0.6 is 0 Å². The van der Waals surface area contributed by atoms with Crippen molar-refractivity contribution >= 4 is 27.4 Å². The lowest BCUT2D eigenvalue weighted by atomic mass is 10.3. The molecule has 21 heavy (non-hydrogen) atoms. The van der Waals surface area contributed by atoms with Crippen molar-refractivity contribution in [2.24, 2.45) is 0 Å². The number of nitrogens with one attached hydrogen (secondary N) is 2. The number of amides is 1. The fraction of sp³-hybridized carbons (Fsp3) is 0.100. The zero-order valence-corrected chi connectivity index (χ0v) is 11.1. The molecule has 0 unspecified atom stereocenters. The van der Waals surface area contributed by atoms with Crippen LogP contribution in [0.4, 0.5) is 20.4 Å². The van der Waals surface area contributed by atoms with E-state index < -0.39 is 26.4 Å². The predicted molar refractivity (Wildman–Crippen MR) is 68.4 cm³/mol. The van der Waals surface area contributed by atoms with E-state index >= 15 is 0 Å². The van der Waals surface area contributed by atoms with Crippen molar-refractivity contribution in [2.75, 3.05) is 11.1 Å². The van der Waals surface area contributed by atoms with Crippen LogP contribution in [0.2, 0.25) is 0 Å². The molecule has 0 bridgehead atoms. The number of nitrogens with two attached hydrogens (primary N) is 1. The summed E-state index contributed by atoms with van der Waals surface area (Å²) < 4.78 is 47.1. The van der Waals surface area contributed by atoms with Crippen LogP contribution in [0.3, 0.4) is 0 Å². The molecule has 0 atom stereocenters. The Morgan fingerprint density at radius 2 is 1.90 bits per heavy atom. The smallest absolute Gasteiger partial charge is 0.341 e. The highest BCUT2D eigenvalue weighted by Crippen LogP contribution is 2.20. The van der Waals surface area contributed by atoms with E-state index in [1.54, 1.807) is 0 Å². The van der Waals surface area contributed by atoms with Gasteiger partial charge in [0.15, 0.2) is 0 Å². The lowest BCUT2D eigenvalue weighted by Crippen LogP contribution is -2.14. The van der Waals surface area contributed by atoms with E-state index in [0.29, 0.717) is 0 Å². The number of alkyl halides is 2. The van der Waals surface area contributed by atoms with Gasteiger partial charge >= 0.3 is 5.76 Å². The van der Waals surface area contributed by atoms with E-state index in [1.807, 2.05) is 0 Å². The van der Waals surface area contributed by atoms with Gasteiger partial charge in [-0.15, -0.1) is 5.10 Å². The summed E-state index contributed by atoms with van der Waals surface area (Å²) in [5.41, 5.74) is 5.43. The van der Waals surface area contributed by atoms with Gasteiger partial charge in [0, 0.05) is 5.69 Å². The highest BCUT2D eigenvalue weighted by atomic mass is 32.2. The van der Waals surface area contributed by atoms with E-state index in [9.17, 15) is 22.0 Å². The van der Waals surface area contributed by atoms with Gasteiger partial charge in [0.25, 0.3) is 5.91 Å². The number of halogens is 2. The van der Waals surface area contributed by atoms with Crippen LogP contribution in [0.15, 0.2) is 29.2 Å². The largest absolute Gasteiger partial charge is 0.366 e. The van der Waals surface area contributed by atoms with Crippen molar-refractivity contribution < 1.29 is 22.0 Å². The minimum atomic E-state index is -4.66. The number of hydrogen-bond donors (Lipinski definition) is 3. The summed E-state index contributed by atoms with van der Waals surface area (Å²) >= 11 is 0. The van der Waals surface area contributed by atoms with Gasteiger partial charge in [0.05, 0.1) is 4.90 Å². The summed E-state index contributed by atoms with van der Waals surface area (Å²) in [7, 11) is -4.66. The van der Waals surface area contributed by atoms with Crippen molar-refractivity contribution in [3.8, 4) is 0 Å². The zero-order chi connectivity index (χ0) is 15.6. The maximum absolute atomic E-state index is 12.3. The Bertz CT molecular complexity index is 757. The first-order valence-corrected chi connectivity index (χ1v) is 6.96.